The van der Waals surface area contributed by atoms with Gasteiger partial charge in [-0.2, -0.15) is 10.5 Å². The third-order valence-electron chi connectivity index (χ3n) is 4.33. The predicted octanol–water partition coefficient (Wildman–Crippen LogP) is 5.19. The quantitative estimate of drug-likeness (QED) is 0.357. The van der Waals surface area contributed by atoms with Gasteiger partial charge >= 0.3 is 7.12 Å². The van der Waals surface area contributed by atoms with E-state index in [-0.39, 0.29) is 11.6 Å². The Morgan fingerprint density at radius 1 is 0.676 bits per heavy atom. The molecule has 4 aromatic carbocycles. The van der Waals surface area contributed by atoms with Gasteiger partial charge in [-0.25, -0.2) is 8.78 Å². The van der Waals surface area contributed by atoms with Crippen LogP contribution >= 0.6 is 15.9 Å². The van der Waals surface area contributed by atoms with Crippen LogP contribution in [0.5, 0.6) is 0 Å². The van der Waals surface area contributed by atoms with E-state index >= 15 is 0 Å². The summed E-state index contributed by atoms with van der Waals surface area (Å²) in [5.41, 5.74) is 2.70. The lowest BCUT2D eigenvalue weighted by molar-refractivity contribution is 0.426. The number of rotatable bonds is 2. The second-order valence-electron chi connectivity index (χ2n) is 6.70. The zero-order valence-corrected chi connectivity index (χ0v) is 19.3. The summed E-state index contributed by atoms with van der Waals surface area (Å²) in [7, 11) is -1.34. The molecule has 0 aliphatic carbocycles. The monoisotopic (exact) mass is 518 g/mol. The third kappa shape index (κ3) is 8.27. The first-order valence-corrected chi connectivity index (χ1v) is 10.7. The Kier molecular flexibility index (Phi) is 10.6. The van der Waals surface area contributed by atoms with Crippen molar-refractivity contribution in [2.75, 3.05) is 0 Å². The number of hydrogen-bond donors (Lipinski definition) is 2. The summed E-state index contributed by atoms with van der Waals surface area (Å²) in [6.07, 6.45) is 0. The maximum absolute atomic E-state index is 13.5. The minimum atomic E-state index is -1.34. The van der Waals surface area contributed by atoms with Crippen LogP contribution in [-0.4, -0.2) is 17.2 Å². The molecular formula is C26H18BBrF2N2O2. The Morgan fingerprint density at radius 3 is 1.65 bits per heavy atom. The molecule has 0 amide bonds. The number of nitriles is 2. The summed E-state index contributed by atoms with van der Waals surface area (Å²) >= 11 is 2.96. The number of nitrogens with zero attached hydrogens (tertiary/aromatic N) is 2. The lowest BCUT2D eigenvalue weighted by Crippen LogP contribution is -2.29. The van der Waals surface area contributed by atoms with E-state index in [1.165, 1.54) is 30.3 Å². The van der Waals surface area contributed by atoms with Gasteiger partial charge < -0.3 is 10.0 Å². The van der Waals surface area contributed by atoms with Gasteiger partial charge in [-0.3, -0.25) is 0 Å². The molecule has 0 aliphatic heterocycles. The molecule has 0 bridgehead atoms. The molecule has 4 aromatic rings. The van der Waals surface area contributed by atoms with E-state index in [4.69, 9.17) is 20.6 Å². The van der Waals surface area contributed by atoms with Crippen LogP contribution in [0.2, 0.25) is 0 Å². The maximum atomic E-state index is 13.5. The van der Waals surface area contributed by atoms with Crippen molar-refractivity contribution in [1.82, 2.24) is 0 Å². The Labute approximate surface area is 205 Å². The molecule has 0 aliphatic rings. The summed E-state index contributed by atoms with van der Waals surface area (Å²) in [4.78, 5) is 0. The number of halogens is 3. The summed E-state index contributed by atoms with van der Waals surface area (Å²) in [5, 5.41) is 34.2. The van der Waals surface area contributed by atoms with Crippen LogP contribution in [0.4, 0.5) is 8.78 Å². The molecule has 0 radical (unpaired) electrons. The molecule has 0 heterocycles. The van der Waals surface area contributed by atoms with Crippen molar-refractivity contribution in [1.29, 1.82) is 10.5 Å². The first-order chi connectivity index (χ1) is 16.3. The average molecular weight is 519 g/mol. The zero-order chi connectivity index (χ0) is 24.9. The van der Waals surface area contributed by atoms with Gasteiger partial charge in [0.15, 0.2) is 0 Å². The summed E-state index contributed by atoms with van der Waals surface area (Å²) in [6, 6.07) is 30.2. The van der Waals surface area contributed by atoms with Gasteiger partial charge in [0.25, 0.3) is 0 Å². The molecule has 0 unspecified atom stereocenters. The van der Waals surface area contributed by atoms with Gasteiger partial charge in [0.2, 0.25) is 0 Å². The highest BCUT2D eigenvalue weighted by molar-refractivity contribution is 9.10. The topological polar surface area (TPSA) is 88.0 Å². The predicted molar refractivity (Wildman–Crippen MR) is 132 cm³/mol. The van der Waals surface area contributed by atoms with Gasteiger partial charge in [0.05, 0.1) is 27.7 Å². The second kappa shape index (κ2) is 13.7. The van der Waals surface area contributed by atoms with Crippen LogP contribution in [0.25, 0.3) is 11.1 Å². The van der Waals surface area contributed by atoms with E-state index < -0.39 is 7.12 Å². The minimum absolute atomic E-state index is 0.305. The standard InChI is InChI=1S/C13H8FN.C7H3BrFN.C6H7BO2/c14-13-7-6-10(9-15)8-12(13)11-4-2-1-3-5-11;8-6-3-5(4-10)1-2-7(6)9;8-7(9)6-4-2-1-3-5-6/h1-8H;1-3H;1-5,8-9H. The smallest absolute Gasteiger partial charge is 0.423 e. The highest BCUT2D eigenvalue weighted by Gasteiger charge is 2.07. The van der Waals surface area contributed by atoms with Crippen LogP contribution in [0.15, 0.2) is 102 Å². The first-order valence-electron chi connectivity index (χ1n) is 9.87. The van der Waals surface area contributed by atoms with Crippen molar-refractivity contribution >= 4 is 28.5 Å². The molecule has 4 nitrogen and oxygen atoms in total. The van der Waals surface area contributed by atoms with Gasteiger partial charge in [0, 0.05) is 5.56 Å². The molecule has 0 atom stereocenters. The van der Waals surface area contributed by atoms with Crippen LogP contribution in [0.3, 0.4) is 0 Å². The summed E-state index contributed by atoms with van der Waals surface area (Å²) in [5.74, 6) is -0.654. The molecule has 0 aromatic heterocycles. The lowest BCUT2D eigenvalue weighted by atomic mass is 9.81. The third-order valence-corrected chi connectivity index (χ3v) is 4.93. The minimum Gasteiger partial charge on any atom is -0.423 e. The van der Waals surface area contributed by atoms with E-state index in [1.807, 2.05) is 48.5 Å². The fourth-order valence-corrected chi connectivity index (χ4v) is 3.00. The summed E-state index contributed by atoms with van der Waals surface area (Å²) in [6.45, 7) is 0. The molecule has 8 heteroatoms. The van der Waals surface area contributed by atoms with Crippen molar-refractivity contribution in [3.05, 3.63) is 124 Å². The number of hydrogen-bond acceptors (Lipinski definition) is 4. The molecule has 0 saturated carbocycles. The fourth-order valence-electron chi connectivity index (χ4n) is 2.62. The van der Waals surface area contributed by atoms with Gasteiger partial charge in [-0.05, 0) is 63.4 Å². The molecular weight excluding hydrogens is 501 g/mol. The Morgan fingerprint density at radius 2 is 1.18 bits per heavy atom. The van der Waals surface area contributed by atoms with Crippen molar-refractivity contribution in [3.8, 4) is 23.3 Å². The number of benzene rings is 4. The molecule has 0 saturated heterocycles. The largest absolute Gasteiger partial charge is 0.488 e. The van der Waals surface area contributed by atoms with Crippen LogP contribution in [-0.2, 0) is 0 Å². The van der Waals surface area contributed by atoms with Crippen molar-refractivity contribution in [2.24, 2.45) is 0 Å². The van der Waals surface area contributed by atoms with Crippen LogP contribution in [0.1, 0.15) is 11.1 Å². The molecule has 168 valence electrons. The highest BCUT2D eigenvalue weighted by atomic mass is 79.9. The molecule has 0 fully saturated rings. The zero-order valence-electron chi connectivity index (χ0n) is 17.7. The van der Waals surface area contributed by atoms with Crippen molar-refractivity contribution < 1.29 is 18.8 Å². The highest BCUT2D eigenvalue weighted by Crippen LogP contribution is 2.23. The molecule has 34 heavy (non-hydrogen) atoms. The van der Waals surface area contributed by atoms with Crippen LogP contribution in [0, 0.1) is 34.3 Å². The average Bonchev–Trinajstić information content (AvgIpc) is 2.88. The fraction of sp³-hybridized carbons (Fsp3) is 0. The van der Waals surface area contributed by atoms with Gasteiger partial charge in [-0.15, -0.1) is 0 Å². The second-order valence-corrected chi connectivity index (χ2v) is 7.55. The maximum Gasteiger partial charge on any atom is 0.488 e. The Hall–Kier alpha value is -3.82. The normalized spacial score (nSPS) is 9.26. The van der Waals surface area contributed by atoms with Gasteiger partial charge in [-0.1, -0.05) is 60.7 Å². The first kappa shape index (κ1) is 26.4. The van der Waals surface area contributed by atoms with Gasteiger partial charge in [0.1, 0.15) is 11.6 Å². The lowest BCUT2D eigenvalue weighted by Gasteiger charge is -2.03. The molecule has 2 N–H and O–H groups in total. The molecule has 0 spiro atoms. The van der Waals surface area contributed by atoms with E-state index in [9.17, 15) is 8.78 Å². The Bertz CT molecular complexity index is 1290. The Balaban J connectivity index is 0.000000189. The SMILES string of the molecule is N#Cc1ccc(F)c(-c2ccccc2)c1.N#Cc1ccc(F)c(Br)c1.OB(O)c1ccccc1. The summed E-state index contributed by atoms with van der Waals surface area (Å²) < 4.78 is 26.3. The van der Waals surface area contributed by atoms with Crippen molar-refractivity contribution in [3.63, 3.8) is 0 Å². The van der Waals surface area contributed by atoms with Crippen LogP contribution < -0.4 is 5.46 Å². The van der Waals surface area contributed by atoms with E-state index in [0.29, 0.717) is 26.6 Å². The van der Waals surface area contributed by atoms with E-state index in [2.05, 4.69) is 15.9 Å². The molecule has 4 rings (SSSR count). The van der Waals surface area contributed by atoms with E-state index in [0.717, 1.165) is 5.56 Å². The van der Waals surface area contributed by atoms with Crippen molar-refractivity contribution in [2.45, 2.75) is 0 Å². The van der Waals surface area contributed by atoms with E-state index in [1.54, 1.807) is 30.3 Å².